The molecule has 2 heteroatoms. The van der Waals surface area contributed by atoms with Crippen LogP contribution in [0.1, 0.15) is 36.5 Å². The molecular weight excluding hydrogens is 631 g/mol. The summed E-state index contributed by atoms with van der Waals surface area (Å²) in [5.74, 6) is 1.24. The molecule has 0 aromatic heterocycles. The van der Waals surface area contributed by atoms with E-state index in [1.54, 1.807) is 7.11 Å². The van der Waals surface area contributed by atoms with Gasteiger partial charge in [-0.3, -0.25) is 0 Å². The summed E-state index contributed by atoms with van der Waals surface area (Å²) in [5, 5.41) is 0. The smallest absolute Gasteiger partial charge is 0.126 e. The molecule has 252 valence electrons. The highest BCUT2D eigenvalue weighted by atomic mass is 16.5. The highest BCUT2D eigenvalue weighted by Crippen LogP contribution is 2.52. The lowest BCUT2D eigenvalue weighted by atomic mass is 9.75. The Balaban J connectivity index is 1.26. The maximum absolute atomic E-state index is 5.87. The molecule has 3 aliphatic rings. The Labute approximate surface area is 307 Å². The quantitative estimate of drug-likeness (QED) is 0.167. The second-order valence-electron chi connectivity index (χ2n) is 14.5. The zero-order valence-corrected chi connectivity index (χ0v) is 29.8. The minimum atomic E-state index is -0.119. The predicted molar refractivity (Wildman–Crippen MR) is 218 cm³/mol. The lowest BCUT2D eigenvalue weighted by Gasteiger charge is -2.34. The summed E-state index contributed by atoms with van der Waals surface area (Å²) >= 11 is 0. The van der Waals surface area contributed by atoms with E-state index in [2.05, 4.69) is 189 Å². The van der Waals surface area contributed by atoms with Gasteiger partial charge < -0.3 is 9.64 Å². The summed E-state index contributed by atoms with van der Waals surface area (Å²) in [6.07, 6.45) is 15.8. The van der Waals surface area contributed by atoms with E-state index < -0.39 is 0 Å². The van der Waals surface area contributed by atoms with Crippen LogP contribution in [-0.2, 0) is 5.41 Å². The van der Waals surface area contributed by atoms with Gasteiger partial charge in [0.15, 0.2) is 0 Å². The third-order valence-corrected chi connectivity index (χ3v) is 11.2. The summed E-state index contributed by atoms with van der Waals surface area (Å²) in [4.78, 5) is 2.48. The number of fused-ring (bicyclic) bond motifs is 4. The fourth-order valence-corrected chi connectivity index (χ4v) is 8.54. The predicted octanol–water partition coefficient (Wildman–Crippen LogP) is 13.1. The first kappa shape index (κ1) is 31.8. The highest BCUT2D eigenvalue weighted by Gasteiger charge is 2.36. The van der Waals surface area contributed by atoms with Crippen LogP contribution < -0.4 is 9.64 Å². The van der Waals surface area contributed by atoms with E-state index in [1.165, 1.54) is 50.2 Å². The van der Waals surface area contributed by atoms with Crippen LogP contribution in [0.5, 0.6) is 5.75 Å². The Hall–Kier alpha value is -6.12. The normalized spacial score (nSPS) is 17.6. The molecule has 0 saturated heterocycles. The molecule has 0 aliphatic heterocycles. The van der Waals surface area contributed by atoms with Crippen molar-refractivity contribution in [2.45, 2.75) is 25.2 Å². The minimum absolute atomic E-state index is 0.119. The zero-order chi connectivity index (χ0) is 35.2. The summed E-state index contributed by atoms with van der Waals surface area (Å²) < 4.78 is 5.87. The van der Waals surface area contributed by atoms with Crippen molar-refractivity contribution < 1.29 is 4.74 Å². The van der Waals surface area contributed by atoms with Gasteiger partial charge in [-0.1, -0.05) is 153 Å². The van der Waals surface area contributed by atoms with Crippen LogP contribution in [0.3, 0.4) is 0 Å². The number of nitrogens with zero attached hydrogens (tertiary/aromatic N) is 1. The highest BCUT2D eigenvalue weighted by molar-refractivity contribution is 5.88. The monoisotopic (exact) mass is 671 g/mol. The van der Waals surface area contributed by atoms with Gasteiger partial charge in [-0.15, -0.1) is 0 Å². The largest absolute Gasteiger partial charge is 0.496 e. The Morgan fingerprint density at radius 3 is 2.04 bits per heavy atom. The molecular formula is C50H41NO. The van der Waals surface area contributed by atoms with Crippen molar-refractivity contribution in [3.8, 4) is 39.1 Å². The van der Waals surface area contributed by atoms with Crippen molar-refractivity contribution in [2.24, 2.45) is 5.92 Å². The number of methoxy groups -OCH3 is 1. The number of hydrogen-bond donors (Lipinski definition) is 0. The van der Waals surface area contributed by atoms with Crippen LogP contribution in [0.4, 0.5) is 17.1 Å². The molecule has 0 bridgehead atoms. The van der Waals surface area contributed by atoms with E-state index in [0.717, 1.165) is 28.3 Å². The number of rotatable bonds is 7. The number of allylic oxidation sites excluding steroid dienone is 8. The maximum Gasteiger partial charge on any atom is 0.126 e. The Morgan fingerprint density at radius 1 is 0.538 bits per heavy atom. The van der Waals surface area contributed by atoms with E-state index >= 15 is 0 Å². The van der Waals surface area contributed by atoms with Gasteiger partial charge >= 0.3 is 0 Å². The summed E-state index contributed by atoms with van der Waals surface area (Å²) in [6, 6.07) is 50.9. The second-order valence-corrected chi connectivity index (χ2v) is 14.5. The molecule has 0 N–H and O–H groups in total. The van der Waals surface area contributed by atoms with Crippen molar-refractivity contribution in [3.05, 3.63) is 204 Å². The lowest BCUT2D eigenvalue weighted by molar-refractivity contribution is 0.416. The molecule has 9 rings (SSSR count). The average Bonchev–Trinajstić information content (AvgIpc) is 3.44. The van der Waals surface area contributed by atoms with Crippen LogP contribution in [-0.4, -0.2) is 7.11 Å². The van der Waals surface area contributed by atoms with Crippen LogP contribution in [0.25, 0.3) is 33.4 Å². The first-order valence-electron chi connectivity index (χ1n) is 18.2. The van der Waals surface area contributed by atoms with Gasteiger partial charge in [-0.2, -0.15) is 0 Å². The lowest BCUT2D eigenvalue weighted by Crippen LogP contribution is -2.20. The number of anilines is 3. The van der Waals surface area contributed by atoms with Crippen LogP contribution in [0.2, 0.25) is 0 Å². The first-order valence-corrected chi connectivity index (χ1v) is 18.2. The number of benzene rings is 6. The van der Waals surface area contributed by atoms with Crippen molar-refractivity contribution in [1.29, 1.82) is 0 Å². The van der Waals surface area contributed by atoms with Crippen molar-refractivity contribution >= 4 is 17.1 Å². The first-order chi connectivity index (χ1) is 25.5. The van der Waals surface area contributed by atoms with E-state index in [9.17, 15) is 0 Å². The van der Waals surface area contributed by atoms with Gasteiger partial charge in [0, 0.05) is 39.9 Å². The van der Waals surface area contributed by atoms with Crippen LogP contribution >= 0.6 is 0 Å². The molecule has 0 radical (unpaired) electrons. The minimum Gasteiger partial charge on any atom is -0.496 e. The third-order valence-electron chi connectivity index (χ3n) is 11.2. The molecule has 2 nitrogen and oxygen atoms in total. The topological polar surface area (TPSA) is 12.5 Å². The van der Waals surface area contributed by atoms with Crippen molar-refractivity contribution in [3.63, 3.8) is 0 Å². The molecule has 6 aromatic carbocycles. The van der Waals surface area contributed by atoms with E-state index in [4.69, 9.17) is 4.74 Å². The van der Waals surface area contributed by atoms with E-state index in [1.807, 2.05) is 12.1 Å². The van der Waals surface area contributed by atoms with Crippen LogP contribution in [0, 0.1) is 5.92 Å². The molecule has 6 aromatic rings. The molecule has 0 heterocycles. The second kappa shape index (κ2) is 12.9. The average molecular weight is 672 g/mol. The molecule has 52 heavy (non-hydrogen) atoms. The molecule has 2 atom stereocenters. The fraction of sp³-hybridized carbons (Fsp3) is 0.120. The van der Waals surface area contributed by atoms with Gasteiger partial charge in [0.25, 0.3) is 0 Å². The van der Waals surface area contributed by atoms with Crippen molar-refractivity contribution in [1.82, 2.24) is 0 Å². The van der Waals surface area contributed by atoms with E-state index in [0.29, 0.717) is 0 Å². The van der Waals surface area contributed by atoms with Gasteiger partial charge in [-0.25, -0.2) is 0 Å². The Kier molecular flexibility index (Phi) is 7.89. The third kappa shape index (κ3) is 5.34. The molecule has 2 unspecified atom stereocenters. The molecule has 0 saturated carbocycles. The zero-order valence-electron chi connectivity index (χ0n) is 29.8. The standard InChI is InChI=1S/C50H41NO/c1-50(2)46-22-11-9-20-43(46)44-30-29-39(33-47(44)50)51(38-27-24-35(25-28-38)34-14-5-4-6-15-34)48-31-26-37(41-19-10-12-23-49(41)52-3)32-45(48)42-21-13-17-36-16-7-8-18-40(36)42/h4-33,40,42H,1-3H3. The fourth-order valence-electron chi connectivity index (χ4n) is 8.54. The van der Waals surface area contributed by atoms with E-state index in [-0.39, 0.29) is 17.3 Å². The summed E-state index contributed by atoms with van der Waals surface area (Å²) in [5.41, 5.74) is 15.9. The van der Waals surface area contributed by atoms with Crippen LogP contribution in [0.15, 0.2) is 188 Å². The summed E-state index contributed by atoms with van der Waals surface area (Å²) in [7, 11) is 1.75. The van der Waals surface area contributed by atoms with Gasteiger partial charge in [0.2, 0.25) is 0 Å². The number of hydrogen-bond acceptors (Lipinski definition) is 2. The SMILES string of the molecule is COc1ccccc1-c1ccc(N(c2ccc(-c3ccccc3)cc2)c2ccc3c(c2)C(C)(C)c2ccccc2-3)c(C2C=CC=C3C=CC=CC32)c1. The molecule has 0 amide bonds. The molecule has 0 spiro atoms. The van der Waals surface area contributed by atoms with Gasteiger partial charge in [-0.05, 0) is 92.5 Å². The molecule has 0 fully saturated rings. The number of para-hydroxylation sites is 1. The number of ether oxygens (including phenoxy) is 1. The van der Waals surface area contributed by atoms with Crippen molar-refractivity contribution in [2.75, 3.05) is 12.0 Å². The van der Waals surface area contributed by atoms with Gasteiger partial charge in [0.05, 0.1) is 7.11 Å². The Morgan fingerprint density at radius 2 is 1.21 bits per heavy atom. The Bertz CT molecular complexity index is 2430. The maximum atomic E-state index is 5.87. The van der Waals surface area contributed by atoms with Gasteiger partial charge in [0.1, 0.15) is 5.75 Å². The summed E-state index contributed by atoms with van der Waals surface area (Å²) in [6.45, 7) is 4.72. The molecule has 3 aliphatic carbocycles.